The van der Waals surface area contributed by atoms with Crippen LogP contribution in [0.25, 0.3) is 16.3 Å². The average molecular weight is 493 g/mol. The number of benzene rings is 4. The number of carbonyl (C=O) groups excluding carboxylic acids is 1. The van der Waals surface area contributed by atoms with E-state index in [1.807, 2.05) is 66.7 Å². The number of aryl methyl sites for hydroxylation is 2. The molecule has 5 nitrogen and oxygen atoms in total. The molecule has 0 radical (unpaired) electrons. The number of fused-ring (bicyclic) bond motifs is 1. The van der Waals surface area contributed by atoms with E-state index in [4.69, 9.17) is 0 Å². The lowest BCUT2D eigenvalue weighted by molar-refractivity contribution is -0.112. The van der Waals surface area contributed by atoms with Crippen LogP contribution in [-0.2, 0) is 27.7 Å². The van der Waals surface area contributed by atoms with Crippen LogP contribution in [0, 0.1) is 0 Å². The number of sulfonamides is 1. The zero-order valence-electron chi connectivity index (χ0n) is 19.6. The minimum Gasteiger partial charge on any atom is -0.321 e. The predicted molar refractivity (Wildman–Crippen MR) is 145 cm³/mol. The van der Waals surface area contributed by atoms with Crippen LogP contribution in [0.1, 0.15) is 22.3 Å². The van der Waals surface area contributed by atoms with E-state index in [9.17, 15) is 13.2 Å². The summed E-state index contributed by atoms with van der Waals surface area (Å²) < 4.78 is 29.3. The highest BCUT2D eigenvalue weighted by atomic mass is 32.2. The minimum atomic E-state index is -4.18. The normalized spacial score (nSPS) is 15.6. The van der Waals surface area contributed by atoms with Crippen molar-refractivity contribution in [3.63, 3.8) is 0 Å². The van der Waals surface area contributed by atoms with E-state index in [1.165, 1.54) is 21.5 Å². The molecule has 0 bridgehead atoms. The monoisotopic (exact) mass is 492 g/mol. The first kappa shape index (κ1) is 22.3. The second-order valence-electron chi connectivity index (χ2n) is 8.98. The van der Waals surface area contributed by atoms with Crippen LogP contribution in [0.5, 0.6) is 0 Å². The SMILES string of the molecule is C=CCN1c2ccccc2C(c2ccccc2)=C(C(=O)Nc2ccc3c4c(cccc24)CC3)S1(=O)=O. The van der Waals surface area contributed by atoms with Gasteiger partial charge in [-0.2, -0.15) is 0 Å². The van der Waals surface area contributed by atoms with Crippen LogP contribution in [-0.4, -0.2) is 20.9 Å². The minimum absolute atomic E-state index is 0.0547. The lowest BCUT2D eigenvalue weighted by Crippen LogP contribution is -2.39. The van der Waals surface area contributed by atoms with Crippen molar-refractivity contribution in [1.82, 2.24) is 0 Å². The smallest absolute Gasteiger partial charge is 0.270 e. The fourth-order valence-electron chi connectivity index (χ4n) is 5.36. The second-order valence-corrected chi connectivity index (χ2v) is 10.8. The molecule has 6 rings (SSSR count). The first-order chi connectivity index (χ1) is 17.5. The Balaban J connectivity index is 1.57. The molecule has 1 aliphatic heterocycles. The fourth-order valence-corrected chi connectivity index (χ4v) is 7.08. The summed E-state index contributed by atoms with van der Waals surface area (Å²) in [6, 6.07) is 26.4. The zero-order valence-corrected chi connectivity index (χ0v) is 20.4. The van der Waals surface area contributed by atoms with Crippen molar-refractivity contribution in [2.45, 2.75) is 12.8 Å². The Labute approximate surface area is 210 Å². The third kappa shape index (κ3) is 3.37. The summed E-state index contributed by atoms with van der Waals surface area (Å²) in [6.45, 7) is 3.80. The molecule has 1 amide bonds. The Kier molecular flexibility index (Phi) is 5.27. The zero-order chi connectivity index (χ0) is 24.9. The van der Waals surface area contributed by atoms with Gasteiger partial charge in [0.2, 0.25) is 0 Å². The van der Waals surface area contributed by atoms with Crippen LogP contribution in [0.15, 0.2) is 102 Å². The molecule has 2 aliphatic rings. The first-order valence-corrected chi connectivity index (χ1v) is 13.3. The molecule has 6 heteroatoms. The Morgan fingerprint density at radius 3 is 2.39 bits per heavy atom. The van der Waals surface area contributed by atoms with Gasteiger partial charge in [0, 0.05) is 22.2 Å². The van der Waals surface area contributed by atoms with Gasteiger partial charge in [-0.15, -0.1) is 6.58 Å². The van der Waals surface area contributed by atoms with Crippen molar-refractivity contribution >= 4 is 43.7 Å². The van der Waals surface area contributed by atoms with Gasteiger partial charge in [-0.05, 0) is 47.1 Å². The molecular formula is C30H24N2O3S. The number of hydrogen-bond donors (Lipinski definition) is 1. The second kappa shape index (κ2) is 8.50. The van der Waals surface area contributed by atoms with Crippen LogP contribution < -0.4 is 9.62 Å². The molecule has 1 heterocycles. The molecule has 178 valence electrons. The summed E-state index contributed by atoms with van der Waals surface area (Å²) in [4.78, 5) is 13.7. The van der Waals surface area contributed by atoms with E-state index in [0.29, 0.717) is 28.1 Å². The highest BCUT2D eigenvalue weighted by Crippen LogP contribution is 2.43. The van der Waals surface area contributed by atoms with Gasteiger partial charge in [0.15, 0.2) is 4.91 Å². The van der Waals surface area contributed by atoms with Crippen molar-refractivity contribution in [3.05, 3.63) is 125 Å². The molecule has 4 aromatic rings. The van der Waals surface area contributed by atoms with E-state index >= 15 is 0 Å². The molecule has 0 aromatic heterocycles. The number of anilines is 2. The molecule has 0 spiro atoms. The first-order valence-electron chi connectivity index (χ1n) is 11.9. The van der Waals surface area contributed by atoms with Crippen LogP contribution in [0.3, 0.4) is 0 Å². The fraction of sp³-hybridized carbons (Fsp3) is 0.100. The molecular weight excluding hydrogens is 468 g/mol. The van der Waals surface area contributed by atoms with Crippen molar-refractivity contribution in [3.8, 4) is 0 Å². The Bertz CT molecular complexity index is 1680. The van der Waals surface area contributed by atoms with Gasteiger partial charge in [-0.1, -0.05) is 78.9 Å². The predicted octanol–water partition coefficient (Wildman–Crippen LogP) is 5.67. The maximum atomic E-state index is 14.0. The Hall–Kier alpha value is -4.16. The van der Waals surface area contributed by atoms with Gasteiger partial charge in [-0.3, -0.25) is 9.10 Å². The molecule has 36 heavy (non-hydrogen) atoms. The maximum Gasteiger partial charge on any atom is 0.270 e. The number of nitrogens with zero attached hydrogens (tertiary/aromatic N) is 1. The summed E-state index contributed by atoms with van der Waals surface area (Å²) in [5, 5.41) is 5.03. The van der Waals surface area contributed by atoms with Crippen LogP contribution >= 0.6 is 0 Å². The molecule has 0 fully saturated rings. The standard InChI is InChI=1S/C30H24N2O3S/c1-2-19-32-26-14-7-6-12-24(26)28(20-9-4-3-5-10-20)29(36(32,34)35)30(33)31-25-18-17-22-16-15-21-11-8-13-23(25)27(21)22/h2-14,17-18H,1,15-16,19H2,(H,31,33). The van der Waals surface area contributed by atoms with Gasteiger partial charge >= 0.3 is 0 Å². The van der Waals surface area contributed by atoms with Crippen LogP contribution in [0.2, 0.25) is 0 Å². The molecule has 4 aromatic carbocycles. The Morgan fingerprint density at radius 1 is 0.889 bits per heavy atom. The average Bonchev–Trinajstić information content (AvgIpc) is 3.32. The van der Waals surface area contributed by atoms with Gasteiger partial charge < -0.3 is 5.32 Å². The van der Waals surface area contributed by atoms with E-state index < -0.39 is 15.9 Å². The number of carbonyl (C=O) groups is 1. The summed E-state index contributed by atoms with van der Waals surface area (Å²) in [5.74, 6) is -0.656. The topological polar surface area (TPSA) is 66.5 Å². The van der Waals surface area contributed by atoms with E-state index in [-0.39, 0.29) is 11.4 Å². The van der Waals surface area contributed by atoms with E-state index in [2.05, 4.69) is 18.0 Å². The molecule has 1 aliphatic carbocycles. The highest BCUT2D eigenvalue weighted by molar-refractivity contribution is 7.97. The lowest BCUT2D eigenvalue weighted by atomic mass is 9.95. The van der Waals surface area contributed by atoms with Gasteiger partial charge in [0.05, 0.1) is 12.2 Å². The Morgan fingerprint density at radius 2 is 1.61 bits per heavy atom. The molecule has 0 saturated carbocycles. The summed E-state index contributed by atoms with van der Waals surface area (Å²) in [6.07, 6.45) is 3.46. The third-order valence-electron chi connectivity index (χ3n) is 6.91. The molecule has 0 saturated heterocycles. The van der Waals surface area contributed by atoms with Crippen molar-refractivity contribution < 1.29 is 13.2 Å². The number of nitrogens with one attached hydrogen (secondary N) is 1. The number of amides is 1. The molecule has 0 unspecified atom stereocenters. The van der Waals surface area contributed by atoms with E-state index in [1.54, 1.807) is 12.1 Å². The number of para-hydroxylation sites is 1. The highest BCUT2D eigenvalue weighted by Gasteiger charge is 2.41. The van der Waals surface area contributed by atoms with Gasteiger partial charge in [0.1, 0.15) is 0 Å². The van der Waals surface area contributed by atoms with Gasteiger partial charge in [-0.25, -0.2) is 8.42 Å². The van der Waals surface area contributed by atoms with Crippen molar-refractivity contribution in [2.24, 2.45) is 0 Å². The summed E-state index contributed by atoms with van der Waals surface area (Å²) in [5.41, 5.74) is 5.38. The lowest BCUT2D eigenvalue weighted by Gasteiger charge is -2.32. The quantitative estimate of drug-likeness (QED) is 0.365. The van der Waals surface area contributed by atoms with E-state index in [0.717, 1.165) is 23.6 Å². The largest absolute Gasteiger partial charge is 0.321 e. The summed E-state index contributed by atoms with van der Waals surface area (Å²) >= 11 is 0. The van der Waals surface area contributed by atoms with Crippen molar-refractivity contribution in [2.75, 3.05) is 16.2 Å². The molecule has 0 atom stereocenters. The summed E-state index contributed by atoms with van der Waals surface area (Å²) in [7, 11) is -4.18. The third-order valence-corrected chi connectivity index (χ3v) is 8.74. The van der Waals surface area contributed by atoms with Crippen molar-refractivity contribution in [1.29, 1.82) is 0 Å². The number of hydrogen-bond acceptors (Lipinski definition) is 3. The molecule has 1 N–H and O–H groups in total. The number of rotatable bonds is 5. The van der Waals surface area contributed by atoms with Crippen LogP contribution in [0.4, 0.5) is 11.4 Å². The van der Waals surface area contributed by atoms with Gasteiger partial charge in [0.25, 0.3) is 15.9 Å². The maximum absolute atomic E-state index is 14.0.